The maximum Gasteiger partial charge on any atom is 0.129 e. The van der Waals surface area contributed by atoms with E-state index >= 15 is 0 Å². The molecule has 1 N–H and O–H groups in total. The van der Waals surface area contributed by atoms with E-state index in [0.29, 0.717) is 10.6 Å². The quantitative estimate of drug-likeness (QED) is 0.908. The average molecular weight is 273 g/mol. The molecule has 1 aliphatic rings. The molecule has 5 heteroatoms. The van der Waals surface area contributed by atoms with E-state index in [1.54, 1.807) is 12.1 Å². The van der Waals surface area contributed by atoms with Crippen LogP contribution in [0.15, 0.2) is 18.2 Å². The summed E-state index contributed by atoms with van der Waals surface area (Å²) in [6, 6.07) is 4.28. The van der Waals surface area contributed by atoms with E-state index in [9.17, 15) is 9.50 Å². The molecule has 1 fully saturated rings. The molecule has 0 aliphatic carbocycles. The Bertz CT molecular complexity index is 388. The van der Waals surface area contributed by atoms with Crippen LogP contribution in [0.4, 0.5) is 4.39 Å². The molecule has 1 aromatic rings. The van der Waals surface area contributed by atoms with Gasteiger partial charge in [0, 0.05) is 36.8 Å². The first kappa shape index (κ1) is 13.7. The molecule has 1 heterocycles. The molecule has 18 heavy (non-hydrogen) atoms. The van der Waals surface area contributed by atoms with E-state index in [2.05, 4.69) is 16.8 Å². The number of nitrogens with zero attached hydrogens (tertiary/aromatic N) is 2. The molecule has 100 valence electrons. The van der Waals surface area contributed by atoms with Gasteiger partial charge in [0.2, 0.25) is 0 Å². The second kappa shape index (κ2) is 5.97. The normalized spacial score (nSPS) is 20.0. The van der Waals surface area contributed by atoms with Crippen molar-refractivity contribution in [3.8, 4) is 0 Å². The highest BCUT2D eigenvalue weighted by Gasteiger charge is 2.27. The fourth-order valence-corrected chi connectivity index (χ4v) is 2.64. The molecule has 1 saturated heterocycles. The van der Waals surface area contributed by atoms with E-state index in [1.807, 2.05) is 0 Å². The Morgan fingerprint density at radius 1 is 1.33 bits per heavy atom. The lowest BCUT2D eigenvalue weighted by Gasteiger charge is -2.37. The molecule has 1 aromatic carbocycles. The summed E-state index contributed by atoms with van der Waals surface area (Å²) in [5, 5.41) is 9.95. The Kier molecular flexibility index (Phi) is 4.56. The van der Waals surface area contributed by atoms with Gasteiger partial charge in [-0.2, -0.15) is 0 Å². The Morgan fingerprint density at radius 3 is 2.56 bits per heavy atom. The van der Waals surface area contributed by atoms with Crippen LogP contribution in [0.5, 0.6) is 0 Å². The highest BCUT2D eigenvalue weighted by Crippen LogP contribution is 2.30. The smallest absolute Gasteiger partial charge is 0.129 e. The lowest BCUT2D eigenvalue weighted by Crippen LogP contribution is -2.47. The minimum Gasteiger partial charge on any atom is -0.394 e. The summed E-state index contributed by atoms with van der Waals surface area (Å²) in [6.07, 6.45) is 0. The molecule has 0 bridgehead atoms. The third kappa shape index (κ3) is 2.83. The van der Waals surface area contributed by atoms with Crippen molar-refractivity contribution in [2.24, 2.45) is 0 Å². The van der Waals surface area contributed by atoms with Crippen LogP contribution >= 0.6 is 11.6 Å². The number of piperazine rings is 1. The summed E-state index contributed by atoms with van der Waals surface area (Å²) in [4.78, 5) is 4.30. The highest BCUT2D eigenvalue weighted by atomic mass is 35.5. The zero-order valence-electron chi connectivity index (χ0n) is 10.4. The molecule has 0 spiro atoms. The van der Waals surface area contributed by atoms with Crippen LogP contribution in [0.1, 0.15) is 11.6 Å². The number of benzene rings is 1. The molecule has 2 rings (SSSR count). The van der Waals surface area contributed by atoms with E-state index < -0.39 is 0 Å². The molecule has 1 atom stereocenters. The Morgan fingerprint density at radius 2 is 2.00 bits per heavy atom. The molecule has 0 amide bonds. The van der Waals surface area contributed by atoms with Crippen LogP contribution in [0, 0.1) is 5.82 Å². The molecule has 1 aliphatic heterocycles. The first-order valence-corrected chi connectivity index (χ1v) is 6.48. The zero-order valence-corrected chi connectivity index (χ0v) is 11.2. The van der Waals surface area contributed by atoms with Crippen LogP contribution < -0.4 is 0 Å². The number of likely N-dealkylation sites (N-methyl/N-ethyl adjacent to an activating group) is 1. The summed E-state index contributed by atoms with van der Waals surface area (Å²) in [5.41, 5.74) is 0.409. The number of aliphatic hydroxyl groups excluding tert-OH is 1. The van der Waals surface area contributed by atoms with Crippen LogP contribution in [-0.4, -0.2) is 54.7 Å². The first-order chi connectivity index (χ1) is 8.63. The largest absolute Gasteiger partial charge is 0.394 e. The van der Waals surface area contributed by atoms with Crippen molar-refractivity contribution in [2.75, 3.05) is 39.8 Å². The number of hydrogen-bond donors (Lipinski definition) is 1. The monoisotopic (exact) mass is 272 g/mol. The molecule has 3 nitrogen and oxygen atoms in total. The fourth-order valence-electron chi connectivity index (χ4n) is 2.35. The van der Waals surface area contributed by atoms with Gasteiger partial charge in [-0.05, 0) is 19.2 Å². The second-order valence-corrected chi connectivity index (χ2v) is 5.08. The highest BCUT2D eigenvalue weighted by molar-refractivity contribution is 6.31. The number of hydrogen-bond acceptors (Lipinski definition) is 3. The van der Waals surface area contributed by atoms with Crippen molar-refractivity contribution in [3.63, 3.8) is 0 Å². The van der Waals surface area contributed by atoms with Gasteiger partial charge in [0.1, 0.15) is 5.82 Å². The van der Waals surface area contributed by atoms with Gasteiger partial charge in [0.05, 0.1) is 12.6 Å². The average Bonchev–Trinajstić information content (AvgIpc) is 2.35. The van der Waals surface area contributed by atoms with Gasteiger partial charge in [-0.1, -0.05) is 17.7 Å². The maximum absolute atomic E-state index is 13.9. The summed E-state index contributed by atoms with van der Waals surface area (Å²) in [5.74, 6) is -0.347. The summed E-state index contributed by atoms with van der Waals surface area (Å²) in [7, 11) is 2.06. The summed E-state index contributed by atoms with van der Waals surface area (Å²) in [6.45, 7) is 3.34. The molecular formula is C13H18ClFN2O. The van der Waals surface area contributed by atoms with Crippen molar-refractivity contribution in [1.82, 2.24) is 9.80 Å². The van der Waals surface area contributed by atoms with Gasteiger partial charge in [0.15, 0.2) is 0 Å². The predicted octanol–water partition coefficient (Wildman–Crippen LogP) is 1.76. The molecule has 0 aromatic heterocycles. The van der Waals surface area contributed by atoms with Crippen LogP contribution in [-0.2, 0) is 0 Å². The number of rotatable bonds is 3. The van der Waals surface area contributed by atoms with Gasteiger partial charge >= 0.3 is 0 Å². The van der Waals surface area contributed by atoms with Crippen molar-refractivity contribution in [1.29, 1.82) is 0 Å². The van der Waals surface area contributed by atoms with Gasteiger partial charge < -0.3 is 10.0 Å². The minimum absolute atomic E-state index is 0.121. The van der Waals surface area contributed by atoms with Crippen molar-refractivity contribution < 1.29 is 9.50 Å². The third-order valence-electron chi connectivity index (χ3n) is 3.48. The lowest BCUT2D eigenvalue weighted by atomic mass is 10.0. The molecule has 0 radical (unpaired) electrons. The minimum atomic E-state index is -0.354. The standard InChI is InChI=1S/C13H18ClFN2O/c1-16-5-7-17(8-6-16)12(9-18)13-10(14)3-2-4-11(13)15/h2-4,12,18H,5-9H2,1H3. The second-order valence-electron chi connectivity index (χ2n) is 4.67. The van der Waals surface area contributed by atoms with Crippen molar-refractivity contribution >= 4 is 11.6 Å². The summed E-state index contributed by atoms with van der Waals surface area (Å²) < 4.78 is 13.9. The van der Waals surface area contributed by atoms with Crippen molar-refractivity contribution in [2.45, 2.75) is 6.04 Å². The van der Waals surface area contributed by atoms with E-state index in [1.165, 1.54) is 6.07 Å². The maximum atomic E-state index is 13.9. The van der Waals surface area contributed by atoms with Gasteiger partial charge in [0.25, 0.3) is 0 Å². The Labute approximate surface area is 112 Å². The third-order valence-corrected chi connectivity index (χ3v) is 3.81. The number of halogens is 2. The zero-order chi connectivity index (χ0) is 13.1. The van der Waals surface area contributed by atoms with Crippen LogP contribution in [0.3, 0.4) is 0 Å². The Balaban J connectivity index is 2.23. The van der Waals surface area contributed by atoms with Crippen LogP contribution in [0.25, 0.3) is 0 Å². The Hall–Kier alpha value is -0.680. The fraction of sp³-hybridized carbons (Fsp3) is 0.538. The van der Waals surface area contributed by atoms with E-state index in [4.69, 9.17) is 11.6 Å². The van der Waals surface area contributed by atoms with Crippen molar-refractivity contribution in [3.05, 3.63) is 34.6 Å². The predicted molar refractivity (Wildman–Crippen MR) is 70.3 cm³/mol. The van der Waals surface area contributed by atoms with E-state index in [-0.39, 0.29) is 18.5 Å². The van der Waals surface area contributed by atoms with Gasteiger partial charge in [-0.15, -0.1) is 0 Å². The van der Waals surface area contributed by atoms with Crippen LogP contribution in [0.2, 0.25) is 5.02 Å². The van der Waals surface area contributed by atoms with Gasteiger partial charge in [-0.3, -0.25) is 4.90 Å². The SMILES string of the molecule is CN1CCN(C(CO)c2c(F)cccc2Cl)CC1. The summed E-state index contributed by atoms with van der Waals surface area (Å²) >= 11 is 6.06. The first-order valence-electron chi connectivity index (χ1n) is 6.11. The molecular weight excluding hydrogens is 255 g/mol. The topological polar surface area (TPSA) is 26.7 Å². The molecule has 0 saturated carbocycles. The lowest BCUT2D eigenvalue weighted by molar-refractivity contribution is 0.0730. The molecule has 1 unspecified atom stereocenters. The van der Waals surface area contributed by atoms with Gasteiger partial charge in [-0.25, -0.2) is 4.39 Å². The number of aliphatic hydroxyl groups is 1. The van der Waals surface area contributed by atoms with E-state index in [0.717, 1.165) is 26.2 Å².